The molecule has 8 heteroatoms. The molecule has 1 aromatic heterocycles. The molecule has 1 aliphatic heterocycles. The highest BCUT2D eigenvalue weighted by Gasteiger charge is 2.27. The second-order valence-electron chi connectivity index (χ2n) is 6.37. The molecular formula is C18H22Cl2N4O2. The Balaban J connectivity index is 2.14. The zero-order chi connectivity index (χ0) is 18.8. The van der Waals surface area contributed by atoms with E-state index in [4.69, 9.17) is 33.3 Å². The van der Waals surface area contributed by atoms with Gasteiger partial charge in [-0.05, 0) is 38.0 Å². The summed E-state index contributed by atoms with van der Waals surface area (Å²) in [6.07, 6.45) is 1.27. The van der Waals surface area contributed by atoms with E-state index in [1.54, 1.807) is 10.6 Å². The molecule has 0 fully saturated rings. The van der Waals surface area contributed by atoms with Crippen LogP contribution in [0.3, 0.4) is 0 Å². The molecule has 0 spiro atoms. The van der Waals surface area contributed by atoms with Crippen molar-refractivity contribution in [3.05, 3.63) is 49.9 Å². The molecule has 0 amide bonds. The molecule has 0 bridgehead atoms. The van der Waals surface area contributed by atoms with E-state index in [0.717, 1.165) is 16.9 Å². The predicted octanol–water partition coefficient (Wildman–Crippen LogP) is 3.17. The summed E-state index contributed by atoms with van der Waals surface area (Å²) in [5.74, 6) is 0.586. The molecule has 6 nitrogen and oxygen atoms in total. The lowest BCUT2D eigenvalue weighted by molar-refractivity contribution is 0.175. The highest BCUT2D eigenvalue weighted by molar-refractivity contribution is 6.35. The van der Waals surface area contributed by atoms with E-state index >= 15 is 0 Å². The molecule has 0 atom stereocenters. The average Bonchev–Trinajstić information content (AvgIpc) is 2.59. The van der Waals surface area contributed by atoms with Gasteiger partial charge in [0.2, 0.25) is 5.95 Å². The van der Waals surface area contributed by atoms with E-state index in [1.807, 2.05) is 30.9 Å². The number of fused-ring (bicyclic) bond motifs is 1. The quantitative estimate of drug-likeness (QED) is 0.840. The minimum Gasteiger partial charge on any atom is -0.396 e. The van der Waals surface area contributed by atoms with Crippen LogP contribution < -0.4 is 10.5 Å². The van der Waals surface area contributed by atoms with Crippen LogP contribution in [-0.2, 0) is 13.1 Å². The number of hydrogen-bond acceptors (Lipinski definition) is 5. The van der Waals surface area contributed by atoms with Crippen LogP contribution in [0.5, 0.6) is 0 Å². The summed E-state index contributed by atoms with van der Waals surface area (Å²) in [6, 6.07) is 5.29. The largest absolute Gasteiger partial charge is 0.396 e. The highest BCUT2D eigenvalue weighted by atomic mass is 35.5. The minimum atomic E-state index is -0.0261. The Hall–Kier alpha value is -1.60. The molecule has 0 saturated heterocycles. The van der Waals surface area contributed by atoms with Gasteiger partial charge in [-0.25, -0.2) is 4.98 Å². The number of aromatic nitrogens is 2. The lowest BCUT2D eigenvalue weighted by Gasteiger charge is -2.38. The van der Waals surface area contributed by atoms with Crippen molar-refractivity contribution in [1.82, 2.24) is 14.5 Å². The molecule has 0 saturated carbocycles. The molecule has 2 heterocycles. The first kappa shape index (κ1) is 19.2. The minimum absolute atomic E-state index is 0.0261. The lowest BCUT2D eigenvalue weighted by Crippen LogP contribution is -2.48. The van der Waals surface area contributed by atoms with Crippen molar-refractivity contribution >= 4 is 34.8 Å². The molecule has 1 aromatic carbocycles. The van der Waals surface area contributed by atoms with Gasteiger partial charge in [0.1, 0.15) is 0 Å². The molecule has 140 valence electrons. The van der Waals surface area contributed by atoms with Crippen LogP contribution in [0.2, 0.25) is 10.0 Å². The van der Waals surface area contributed by atoms with Crippen LogP contribution in [0.1, 0.15) is 24.6 Å². The van der Waals surface area contributed by atoms with E-state index in [1.165, 1.54) is 0 Å². The van der Waals surface area contributed by atoms with Crippen LogP contribution in [0.25, 0.3) is 0 Å². The van der Waals surface area contributed by atoms with Crippen LogP contribution in [-0.4, -0.2) is 39.4 Å². The topological polar surface area (TPSA) is 61.6 Å². The number of benzene rings is 1. The number of rotatable bonds is 5. The van der Waals surface area contributed by atoms with Crippen molar-refractivity contribution in [2.24, 2.45) is 0 Å². The van der Waals surface area contributed by atoms with Crippen molar-refractivity contribution in [3.8, 4) is 0 Å². The lowest BCUT2D eigenvalue weighted by atomic mass is 10.2. The molecule has 0 unspecified atom stereocenters. The summed E-state index contributed by atoms with van der Waals surface area (Å²) in [5, 5.41) is 10.2. The number of nitrogens with zero attached hydrogens (tertiary/aromatic N) is 4. The van der Waals surface area contributed by atoms with Gasteiger partial charge in [-0.15, -0.1) is 0 Å². The van der Waals surface area contributed by atoms with Gasteiger partial charge in [-0.1, -0.05) is 30.1 Å². The first-order valence-corrected chi connectivity index (χ1v) is 9.37. The fourth-order valence-electron chi connectivity index (χ4n) is 3.26. The summed E-state index contributed by atoms with van der Waals surface area (Å²) in [6.45, 7) is 5.57. The molecule has 26 heavy (non-hydrogen) atoms. The van der Waals surface area contributed by atoms with Crippen molar-refractivity contribution < 1.29 is 5.11 Å². The molecular weight excluding hydrogens is 375 g/mol. The van der Waals surface area contributed by atoms with Crippen LogP contribution >= 0.6 is 23.2 Å². The van der Waals surface area contributed by atoms with Crippen molar-refractivity contribution in [3.63, 3.8) is 0 Å². The van der Waals surface area contributed by atoms with Crippen molar-refractivity contribution in [2.75, 3.05) is 24.7 Å². The smallest absolute Gasteiger partial charge is 0.259 e. The van der Waals surface area contributed by atoms with Gasteiger partial charge in [0.05, 0.1) is 13.3 Å². The van der Waals surface area contributed by atoms with Gasteiger partial charge in [-0.3, -0.25) is 19.2 Å². The maximum atomic E-state index is 13.0. The monoisotopic (exact) mass is 396 g/mol. The molecule has 1 N–H and O–H groups in total. The maximum absolute atomic E-state index is 13.0. The Morgan fingerprint density at radius 2 is 1.88 bits per heavy atom. The summed E-state index contributed by atoms with van der Waals surface area (Å²) in [7, 11) is 0. The Labute approximate surface area is 162 Å². The van der Waals surface area contributed by atoms with Gasteiger partial charge >= 0.3 is 0 Å². The van der Waals surface area contributed by atoms with E-state index in [0.29, 0.717) is 48.7 Å². The summed E-state index contributed by atoms with van der Waals surface area (Å²) in [5.41, 5.74) is 2.22. The van der Waals surface area contributed by atoms with E-state index in [-0.39, 0.29) is 12.2 Å². The summed E-state index contributed by atoms with van der Waals surface area (Å²) < 4.78 is 1.68. The van der Waals surface area contributed by atoms with Gasteiger partial charge in [-0.2, -0.15) is 0 Å². The van der Waals surface area contributed by atoms with E-state index in [2.05, 4.69) is 4.90 Å². The van der Waals surface area contributed by atoms with Gasteiger partial charge in [0.25, 0.3) is 5.56 Å². The molecule has 1 aliphatic rings. The number of aliphatic hydroxyl groups is 1. The second-order valence-corrected chi connectivity index (χ2v) is 7.25. The van der Waals surface area contributed by atoms with Crippen LogP contribution in [0.4, 0.5) is 11.6 Å². The number of aliphatic hydroxyl groups excluding tert-OH is 1. The Kier molecular flexibility index (Phi) is 5.87. The zero-order valence-corrected chi connectivity index (χ0v) is 16.4. The number of aryl methyl sites for hydroxylation is 1. The molecule has 0 radical (unpaired) electrons. The van der Waals surface area contributed by atoms with Crippen molar-refractivity contribution in [1.29, 1.82) is 0 Å². The van der Waals surface area contributed by atoms with Crippen molar-refractivity contribution in [2.45, 2.75) is 33.4 Å². The van der Waals surface area contributed by atoms with E-state index in [9.17, 15) is 4.79 Å². The molecule has 3 rings (SSSR count). The number of hydrogen-bond donors (Lipinski definition) is 1. The van der Waals surface area contributed by atoms with Gasteiger partial charge in [0, 0.05) is 40.1 Å². The Bertz CT molecular complexity index is 849. The zero-order valence-electron chi connectivity index (χ0n) is 14.9. The first-order valence-electron chi connectivity index (χ1n) is 8.61. The Morgan fingerprint density at radius 3 is 2.50 bits per heavy atom. The van der Waals surface area contributed by atoms with E-state index < -0.39 is 0 Å². The maximum Gasteiger partial charge on any atom is 0.259 e. The fourth-order valence-corrected chi connectivity index (χ4v) is 3.78. The van der Waals surface area contributed by atoms with Gasteiger partial charge < -0.3 is 5.11 Å². The highest BCUT2D eigenvalue weighted by Crippen LogP contribution is 2.32. The molecule has 0 aliphatic carbocycles. The second kappa shape index (κ2) is 7.96. The normalized spacial score (nSPS) is 14.6. The average molecular weight is 397 g/mol. The first-order chi connectivity index (χ1) is 12.4. The summed E-state index contributed by atoms with van der Waals surface area (Å²) >= 11 is 12.4. The fraction of sp³-hybridized carbons (Fsp3) is 0.444. The SMILES string of the molecule is CCc1c(C)nc2n(c1=O)CN(CCCO)CN2c1cc(Cl)cc(Cl)c1. The predicted molar refractivity (Wildman–Crippen MR) is 104 cm³/mol. The summed E-state index contributed by atoms with van der Waals surface area (Å²) in [4.78, 5) is 21.7. The molecule has 2 aromatic rings. The standard InChI is InChI=1S/C18H22Cl2N4O2/c1-3-16-12(2)21-18-23(15-8-13(19)7-14(20)9-15)10-22(5-4-6-25)11-24(18)17(16)26/h7-9,25H,3-6,10-11H2,1-2H3. The third kappa shape index (κ3) is 3.74. The number of halogens is 2. The third-order valence-electron chi connectivity index (χ3n) is 4.52. The third-order valence-corrected chi connectivity index (χ3v) is 4.95. The van der Waals surface area contributed by atoms with Gasteiger partial charge in [0.15, 0.2) is 0 Å². The Morgan fingerprint density at radius 1 is 1.19 bits per heavy atom. The van der Waals surface area contributed by atoms with Crippen LogP contribution in [0, 0.1) is 6.92 Å². The number of anilines is 2. The van der Waals surface area contributed by atoms with Crippen LogP contribution in [0.15, 0.2) is 23.0 Å².